The Labute approximate surface area is 172 Å². The normalized spacial score (nSPS) is 16.1. The summed E-state index contributed by atoms with van der Waals surface area (Å²) < 4.78 is 5.63. The summed E-state index contributed by atoms with van der Waals surface area (Å²) in [6.07, 6.45) is 2.50. The number of hydrogen-bond donors (Lipinski definition) is 1. The first kappa shape index (κ1) is 20.6. The van der Waals surface area contributed by atoms with E-state index in [2.05, 4.69) is 42.3 Å². The molecule has 2 aromatic carbocycles. The zero-order chi connectivity index (χ0) is 21.2. The number of fused-ring (bicyclic) bond motifs is 1. The van der Waals surface area contributed by atoms with Gasteiger partial charge in [-0.15, -0.1) is 0 Å². The summed E-state index contributed by atoms with van der Waals surface area (Å²) >= 11 is 0. The minimum atomic E-state index is -0.183. The molecule has 0 aromatic heterocycles. The number of carbonyl (C=O) groups excluding carboxylic acids is 1. The van der Waals surface area contributed by atoms with Crippen LogP contribution in [-0.4, -0.2) is 37.4 Å². The Morgan fingerprint density at radius 3 is 2.55 bits per heavy atom. The van der Waals surface area contributed by atoms with Gasteiger partial charge in [-0.3, -0.25) is 4.79 Å². The third-order valence-electron chi connectivity index (χ3n) is 4.96. The highest BCUT2D eigenvalue weighted by Crippen LogP contribution is 2.35. The van der Waals surface area contributed by atoms with Crippen LogP contribution in [0.3, 0.4) is 0 Å². The molecule has 5 heteroatoms. The number of allylic oxidation sites excluding steroid dienone is 1. The van der Waals surface area contributed by atoms with E-state index < -0.39 is 0 Å². The molecule has 0 fully saturated rings. The Bertz CT molecular complexity index is 996. The van der Waals surface area contributed by atoms with Crippen molar-refractivity contribution in [2.24, 2.45) is 0 Å². The maximum absolute atomic E-state index is 12.9. The topological polar surface area (TPSA) is 65.4 Å². The predicted octanol–water partition coefficient (Wildman–Crippen LogP) is 3.78. The Morgan fingerprint density at radius 1 is 1.28 bits per heavy atom. The first-order chi connectivity index (χ1) is 13.7. The molecule has 1 heterocycles. The third-order valence-corrected chi connectivity index (χ3v) is 4.96. The lowest BCUT2D eigenvalue weighted by atomic mass is 9.84. The molecule has 0 saturated carbocycles. The highest BCUT2D eigenvalue weighted by molar-refractivity contribution is 6.08. The van der Waals surface area contributed by atoms with Crippen molar-refractivity contribution < 1.29 is 9.53 Å². The summed E-state index contributed by atoms with van der Waals surface area (Å²) in [7, 11) is 5.73. The molecule has 0 bridgehead atoms. The lowest BCUT2D eigenvalue weighted by Crippen LogP contribution is -2.44. The molecule has 1 N–H and O–H groups in total. The van der Waals surface area contributed by atoms with Crippen LogP contribution < -0.4 is 10.1 Å². The van der Waals surface area contributed by atoms with Gasteiger partial charge in [-0.25, -0.2) is 0 Å². The fraction of sp³-hybridized carbons (Fsp3) is 0.333. The SMILES string of the molecule is COc1cc2c(cc1CN(C)C)C(=CC(=O)c1ccc(C#N)cc1)NC(C)(C)C2. The van der Waals surface area contributed by atoms with Crippen LogP contribution in [0.5, 0.6) is 5.75 Å². The van der Waals surface area contributed by atoms with Gasteiger partial charge in [0, 0.05) is 40.5 Å². The van der Waals surface area contributed by atoms with Gasteiger partial charge in [0.05, 0.1) is 18.7 Å². The van der Waals surface area contributed by atoms with Crippen molar-refractivity contribution in [1.82, 2.24) is 10.2 Å². The zero-order valence-corrected chi connectivity index (χ0v) is 17.7. The van der Waals surface area contributed by atoms with E-state index in [1.54, 1.807) is 37.5 Å². The smallest absolute Gasteiger partial charge is 0.187 e. The Balaban J connectivity index is 2.06. The van der Waals surface area contributed by atoms with Gasteiger partial charge in [0.2, 0.25) is 0 Å². The quantitative estimate of drug-likeness (QED) is 0.623. The van der Waals surface area contributed by atoms with Crippen LogP contribution >= 0.6 is 0 Å². The van der Waals surface area contributed by atoms with Crippen molar-refractivity contribution in [2.75, 3.05) is 21.2 Å². The number of carbonyl (C=O) groups is 1. The molecule has 29 heavy (non-hydrogen) atoms. The molecule has 0 unspecified atom stereocenters. The number of benzene rings is 2. The molecule has 1 aliphatic rings. The Kier molecular flexibility index (Phi) is 5.76. The largest absolute Gasteiger partial charge is 0.496 e. The minimum Gasteiger partial charge on any atom is -0.496 e. The summed E-state index contributed by atoms with van der Waals surface area (Å²) in [5.41, 5.74) is 5.00. The fourth-order valence-electron chi connectivity index (χ4n) is 3.71. The lowest BCUT2D eigenvalue weighted by molar-refractivity contribution is 0.104. The predicted molar refractivity (Wildman–Crippen MR) is 115 cm³/mol. The number of methoxy groups -OCH3 is 1. The van der Waals surface area contributed by atoms with E-state index >= 15 is 0 Å². The molecule has 0 atom stereocenters. The van der Waals surface area contributed by atoms with Crippen LogP contribution in [-0.2, 0) is 13.0 Å². The number of nitrogens with zero attached hydrogens (tertiary/aromatic N) is 2. The van der Waals surface area contributed by atoms with Crippen molar-refractivity contribution in [1.29, 1.82) is 5.26 Å². The van der Waals surface area contributed by atoms with Gasteiger partial charge >= 0.3 is 0 Å². The fourth-order valence-corrected chi connectivity index (χ4v) is 3.71. The van der Waals surface area contributed by atoms with Gasteiger partial charge in [-0.05, 0) is 76.3 Å². The van der Waals surface area contributed by atoms with Crippen molar-refractivity contribution in [3.8, 4) is 11.8 Å². The van der Waals surface area contributed by atoms with Crippen LogP contribution in [0.4, 0.5) is 0 Å². The van der Waals surface area contributed by atoms with Crippen molar-refractivity contribution in [3.05, 3.63) is 70.3 Å². The standard InChI is InChI=1S/C24H27N3O2/c1-24(2)13-18-11-23(29-5)19(15-27(3)4)10-20(18)21(26-24)12-22(28)17-8-6-16(14-25)7-9-17/h6-12,26H,13,15H2,1-5H3. The number of hydrogen-bond acceptors (Lipinski definition) is 5. The summed E-state index contributed by atoms with van der Waals surface area (Å²) in [5, 5.41) is 12.5. The number of rotatable bonds is 5. The molecule has 1 aliphatic heterocycles. The number of ketones is 1. The lowest BCUT2D eigenvalue weighted by Gasteiger charge is -2.36. The maximum atomic E-state index is 12.9. The molecule has 5 nitrogen and oxygen atoms in total. The summed E-state index contributed by atoms with van der Waals surface area (Å²) in [5.74, 6) is 0.776. The van der Waals surface area contributed by atoms with Crippen LogP contribution in [0.15, 0.2) is 42.5 Å². The second kappa shape index (κ2) is 8.10. The Hall–Kier alpha value is -3.10. The van der Waals surface area contributed by atoms with E-state index in [1.807, 2.05) is 14.1 Å². The highest BCUT2D eigenvalue weighted by Gasteiger charge is 2.29. The maximum Gasteiger partial charge on any atom is 0.187 e. The Morgan fingerprint density at radius 2 is 1.97 bits per heavy atom. The molecule has 0 spiro atoms. The van der Waals surface area contributed by atoms with E-state index in [4.69, 9.17) is 10.00 Å². The molecular formula is C24H27N3O2. The van der Waals surface area contributed by atoms with Gasteiger partial charge in [0.15, 0.2) is 5.78 Å². The number of ether oxygens (including phenoxy) is 1. The van der Waals surface area contributed by atoms with Gasteiger partial charge in [0.1, 0.15) is 5.75 Å². The molecule has 0 aliphatic carbocycles. The van der Waals surface area contributed by atoms with E-state index in [1.165, 1.54) is 0 Å². The third kappa shape index (κ3) is 4.67. The van der Waals surface area contributed by atoms with Crippen molar-refractivity contribution in [3.63, 3.8) is 0 Å². The summed E-state index contributed by atoms with van der Waals surface area (Å²) in [6.45, 7) is 4.99. The van der Waals surface area contributed by atoms with Crippen LogP contribution in [0.1, 0.15) is 46.5 Å². The van der Waals surface area contributed by atoms with Crippen LogP contribution in [0, 0.1) is 11.3 Å². The van der Waals surface area contributed by atoms with E-state index in [0.717, 1.165) is 41.1 Å². The first-order valence-corrected chi connectivity index (χ1v) is 9.61. The zero-order valence-electron chi connectivity index (χ0n) is 17.7. The molecule has 2 aromatic rings. The second-order valence-corrected chi connectivity index (χ2v) is 8.36. The van der Waals surface area contributed by atoms with Gasteiger partial charge < -0.3 is 15.0 Å². The van der Waals surface area contributed by atoms with Crippen molar-refractivity contribution in [2.45, 2.75) is 32.4 Å². The molecule has 3 rings (SSSR count). The molecule has 0 amide bonds. The van der Waals surface area contributed by atoms with Crippen LogP contribution in [0.2, 0.25) is 0 Å². The highest BCUT2D eigenvalue weighted by atomic mass is 16.5. The average molecular weight is 389 g/mol. The molecule has 0 saturated heterocycles. The summed E-state index contributed by atoms with van der Waals surface area (Å²) in [4.78, 5) is 15.0. The average Bonchev–Trinajstić information content (AvgIpc) is 2.67. The van der Waals surface area contributed by atoms with Gasteiger partial charge in [-0.2, -0.15) is 5.26 Å². The van der Waals surface area contributed by atoms with Crippen LogP contribution in [0.25, 0.3) is 5.70 Å². The van der Waals surface area contributed by atoms with E-state index in [9.17, 15) is 4.79 Å². The molecule has 0 radical (unpaired) electrons. The minimum absolute atomic E-state index is 0.0920. The monoisotopic (exact) mass is 389 g/mol. The number of nitriles is 1. The summed E-state index contributed by atoms with van der Waals surface area (Å²) in [6, 6.07) is 13.0. The molecular weight excluding hydrogens is 362 g/mol. The van der Waals surface area contributed by atoms with Gasteiger partial charge in [0.25, 0.3) is 0 Å². The second-order valence-electron chi connectivity index (χ2n) is 8.36. The van der Waals surface area contributed by atoms with E-state index in [0.29, 0.717) is 11.1 Å². The first-order valence-electron chi connectivity index (χ1n) is 9.61. The number of nitrogens with one attached hydrogen (secondary N) is 1. The van der Waals surface area contributed by atoms with Crippen molar-refractivity contribution >= 4 is 11.5 Å². The molecule has 150 valence electrons. The van der Waals surface area contributed by atoms with Gasteiger partial charge in [-0.1, -0.05) is 0 Å². The van der Waals surface area contributed by atoms with E-state index in [-0.39, 0.29) is 11.3 Å².